The second-order valence-corrected chi connectivity index (χ2v) is 19.8. The zero-order valence-electron chi connectivity index (χ0n) is 36.6. The molecule has 1 amide bonds. The molecule has 0 bridgehead atoms. The molecule has 3 aliphatic rings. The van der Waals surface area contributed by atoms with E-state index in [1.807, 2.05) is 5.57 Å². The smallest absolute Gasteiger partial charge is 0.397 e. The highest BCUT2D eigenvalue weighted by atomic mass is 32.3. The van der Waals surface area contributed by atoms with E-state index in [2.05, 4.69) is 73.6 Å². The zero-order valence-corrected chi connectivity index (χ0v) is 49.4. The molecule has 0 aliphatic heterocycles. The molecular weight excluding hydrogens is 1050 g/mol. The Balaban J connectivity index is -0.0000000319. The van der Waals surface area contributed by atoms with Crippen LogP contribution in [0.4, 0.5) is 4.79 Å². The van der Waals surface area contributed by atoms with Crippen molar-refractivity contribution in [1.82, 2.24) is 0 Å². The molecule has 408 valence electrons. The molecule has 0 spiro atoms. The summed E-state index contributed by atoms with van der Waals surface area (Å²) < 4.78 is 26.5. The quantitative estimate of drug-likeness (QED) is 0.0588. The Morgan fingerprint density at radius 2 is 1.27 bits per heavy atom. The van der Waals surface area contributed by atoms with Crippen LogP contribution in [0, 0.1) is 46.3 Å². The third-order valence-electron chi connectivity index (χ3n) is 10.8. The van der Waals surface area contributed by atoms with Crippen molar-refractivity contribution >= 4 is 178 Å². The molecule has 63 heavy (non-hydrogen) atoms. The molecule has 0 saturated heterocycles. The number of hydrogen-bond acceptors (Lipinski definition) is 5. The molecule has 0 aromatic carbocycles. The average molecular weight is 1160 g/mol. The van der Waals surface area contributed by atoms with Gasteiger partial charge in [-0.05, 0) is 118 Å². The molecule has 9 nitrogen and oxygen atoms in total. The van der Waals surface area contributed by atoms with Crippen LogP contribution in [0.15, 0.2) is 16.8 Å². The first kappa shape index (κ1) is 121. The lowest BCUT2D eigenvalue weighted by Crippen LogP contribution is -2.49. The Morgan fingerprint density at radius 3 is 1.60 bits per heavy atom. The topological polar surface area (TPSA) is 142 Å². The van der Waals surface area contributed by atoms with Gasteiger partial charge in [-0.3, -0.25) is 0 Å². The van der Waals surface area contributed by atoms with E-state index >= 15 is 0 Å². The Morgan fingerprint density at radius 1 is 0.841 bits per heavy atom. The van der Waals surface area contributed by atoms with Gasteiger partial charge < -0.3 is 9.29 Å². The van der Waals surface area contributed by atoms with Crippen LogP contribution in [0.5, 0.6) is 0 Å². The first-order chi connectivity index (χ1) is 20.5. The van der Waals surface area contributed by atoms with Crippen molar-refractivity contribution in [2.45, 2.75) is 190 Å². The molecule has 7 atom stereocenters. The summed E-state index contributed by atoms with van der Waals surface area (Å²) in [5.74, 6) is 5.70. The summed E-state index contributed by atoms with van der Waals surface area (Å²) in [6, 6.07) is 0. The van der Waals surface area contributed by atoms with Crippen LogP contribution in [-0.4, -0.2) is 38.2 Å². The Kier molecular flexibility index (Phi) is 101. The van der Waals surface area contributed by atoms with Gasteiger partial charge in [0.25, 0.3) is 0 Å². The van der Waals surface area contributed by atoms with Gasteiger partial charge in [0, 0.05) is 22.5 Å². The Labute approximate surface area is 477 Å². The predicted octanol–water partition coefficient (Wildman–Crippen LogP) is 16.4. The van der Waals surface area contributed by atoms with Crippen molar-refractivity contribution < 1.29 is 27.9 Å². The molecule has 3 aliphatic carbocycles. The van der Waals surface area contributed by atoms with E-state index in [1.165, 1.54) is 70.6 Å². The highest BCUT2D eigenvalue weighted by Crippen LogP contribution is 2.66. The first-order valence-corrected chi connectivity index (χ1v) is 19.9. The molecule has 2 fully saturated rings. The standard InChI is InChI=1S/C28H50.C5H9N3O2.C2H8O4S.6CH4.12H2S/c1-8-11-22-14-15-23-25-17-16-24(21(5)13-10-12-20(3)4)28(25,7)19-18-26(23)27(22,6)9-2;1-5(2,3)10-4(9)7-8-6;1-7(2,4,5)6-3;;;;;;;;;;;;;;;;;;/h14,20-21,23-26H,8-13,15-19H2,1-7H3;1-3H3;3H,1-2H3,(H,4,5);6*1H4;12*1H2. The minimum atomic E-state index is -4.06. The van der Waals surface area contributed by atoms with Crippen LogP contribution < -0.4 is 0 Å². The number of azide groups is 1. The minimum absolute atomic E-state index is 0. The zero-order chi connectivity index (χ0) is 34.9. The van der Waals surface area contributed by atoms with E-state index in [-0.39, 0.29) is 207 Å². The second-order valence-electron chi connectivity index (χ2n) is 16.3. The van der Waals surface area contributed by atoms with Crippen molar-refractivity contribution in [2.75, 3.05) is 12.5 Å². The van der Waals surface area contributed by atoms with Crippen molar-refractivity contribution in [2.24, 2.45) is 51.5 Å². The lowest BCUT2D eigenvalue weighted by atomic mass is 9.48. The number of rotatable bonds is 9. The third kappa shape index (κ3) is 41.1. The maximum Gasteiger partial charge on any atom is 0.397 e. The SMILES string of the molecule is C.C.C.C.C.C.CC(C)(C)OC(=O)N=[N+]=[N-].CCCC1=CCC2C(CCC3(C)C(C(C)CCCC(C)C)CCC23)C1(C)CC.CS(C)(=O)(O)OO.S.S.S.S.S.S.S.S.S.S.S.S. The van der Waals surface area contributed by atoms with Gasteiger partial charge in [0.05, 0.1) is 0 Å². The number of hydrogen-bond donors (Lipinski definition) is 2. The molecule has 0 aromatic rings. The largest absolute Gasteiger partial charge is 0.455 e. The molecular formula is C41H115N3O6S13. The molecule has 2 N–H and O–H groups in total. The highest BCUT2D eigenvalue weighted by molar-refractivity contribution is 8.09. The lowest BCUT2D eigenvalue weighted by Gasteiger charge is -2.57. The first-order valence-electron chi connectivity index (χ1n) is 17.2. The molecule has 0 heterocycles. The van der Waals surface area contributed by atoms with E-state index in [1.54, 1.807) is 20.8 Å². The summed E-state index contributed by atoms with van der Waals surface area (Å²) in [6.45, 7) is 22.6. The molecule has 3 rings (SSSR count). The van der Waals surface area contributed by atoms with Crippen LogP contribution >= 0.6 is 162 Å². The van der Waals surface area contributed by atoms with Gasteiger partial charge in [-0.25, -0.2) is 14.3 Å². The Hall–Kier alpha value is 2.75. The third-order valence-corrected chi connectivity index (χ3v) is 11.2. The predicted molar refractivity (Wildman–Crippen MR) is 351 cm³/mol. The number of ether oxygens (including phenoxy) is 1. The molecule has 0 aromatic heterocycles. The number of carbonyl (C=O) groups excluding carboxylic acids is 1. The lowest BCUT2D eigenvalue weighted by molar-refractivity contribution is -0.141. The maximum atomic E-state index is 10.4. The summed E-state index contributed by atoms with van der Waals surface area (Å²) in [5, 5.41) is 10.4. The maximum absolute atomic E-state index is 10.4. The van der Waals surface area contributed by atoms with Gasteiger partial charge in [-0.2, -0.15) is 162 Å². The monoisotopic (exact) mass is 1160 g/mol. The summed E-state index contributed by atoms with van der Waals surface area (Å²) in [4.78, 5) is 12.7. The van der Waals surface area contributed by atoms with Gasteiger partial charge in [0.1, 0.15) is 15.2 Å². The fourth-order valence-electron chi connectivity index (χ4n) is 8.65. The summed E-state index contributed by atoms with van der Waals surface area (Å²) in [7, 11) is -4.06. The van der Waals surface area contributed by atoms with E-state index < -0.39 is 21.3 Å². The second kappa shape index (κ2) is 52.6. The van der Waals surface area contributed by atoms with Gasteiger partial charge in [0.15, 0.2) is 0 Å². The molecule has 22 heteroatoms. The summed E-state index contributed by atoms with van der Waals surface area (Å²) in [5.41, 5.74) is 10.1. The molecule has 0 radical (unpaired) electrons. The van der Waals surface area contributed by atoms with E-state index in [0.29, 0.717) is 10.8 Å². The van der Waals surface area contributed by atoms with Crippen LogP contribution in [-0.2, 0) is 18.7 Å². The van der Waals surface area contributed by atoms with Crippen LogP contribution in [0.25, 0.3) is 10.4 Å². The van der Waals surface area contributed by atoms with Crippen LogP contribution in [0.3, 0.4) is 0 Å². The average Bonchev–Trinajstić information content (AvgIpc) is 3.26. The minimum Gasteiger partial charge on any atom is -0.455 e. The van der Waals surface area contributed by atoms with Crippen LogP contribution in [0.1, 0.15) is 184 Å². The van der Waals surface area contributed by atoms with Gasteiger partial charge >= 0.3 is 6.09 Å². The summed E-state index contributed by atoms with van der Waals surface area (Å²) in [6.07, 6.45) is 19.4. The van der Waals surface area contributed by atoms with Gasteiger partial charge in [0.2, 0.25) is 0 Å². The van der Waals surface area contributed by atoms with E-state index in [0.717, 1.165) is 48.0 Å². The molecule has 7 unspecified atom stereocenters. The normalized spacial score (nSPS) is 22.0. The fourth-order valence-corrected chi connectivity index (χ4v) is 8.65. The van der Waals surface area contributed by atoms with Crippen molar-refractivity contribution in [3.05, 3.63) is 22.1 Å². The highest BCUT2D eigenvalue weighted by Gasteiger charge is 2.58. The molecule has 2 saturated carbocycles. The number of fused-ring (bicyclic) bond motifs is 3. The van der Waals surface area contributed by atoms with E-state index in [4.69, 9.17) is 15.3 Å². The number of nitrogens with zero attached hydrogens (tertiary/aromatic N) is 3. The van der Waals surface area contributed by atoms with Crippen molar-refractivity contribution in [1.29, 1.82) is 0 Å². The van der Waals surface area contributed by atoms with Crippen molar-refractivity contribution in [3.63, 3.8) is 0 Å². The van der Waals surface area contributed by atoms with Gasteiger partial charge in [-0.15, -0.1) is 4.33 Å². The van der Waals surface area contributed by atoms with Gasteiger partial charge in [-0.1, -0.05) is 130 Å². The fraction of sp³-hybridized carbons (Fsp3) is 0.927. The number of allylic oxidation sites excluding steroid dienone is 2. The number of amides is 1. The van der Waals surface area contributed by atoms with Crippen LogP contribution in [0.2, 0.25) is 0 Å². The van der Waals surface area contributed by atoms with E-state index in [9.17, 15) is 9.00 Å². The Bertz CT molecular complexity index is 1140. The number of carbonyl (C=O) groups is 1. The summed E-state index contributed by atoms with van der Waals surface area (Å²) >= 11 is 0. The van der Waals surface area contributed by atoms with Crippen molar-refractivity contribution in [3.8, 4) is 0 Å².